The molecule has 1 aliphatic carbocycles. The number of hydrogen-bond donors (Lipinski definition) is 0. The normalized spacial score (nSPS) is 15.4. The van der Waals surface area contributed by atoms with E-state index in [1.807, 2.05) is 86.6 Å². The lowest BCUT2D eigenvalue weighted by molar-refractivity contribution is -0.151. The summed E-state index contributed by atoms with van der Waals surface area (Å²) in [6, 6.07) is 23.6. The van der Waals surface area contributed by atoms with Crippen molar-refractivity contribution in [3.63, 3.8) is 0 Å². The van der Waals surface area contributed by atoms with Crippen LogP contribution in [0.1, 0.15) is 49.7 Å². The molecule has 0 spiro atoms. The maximum absolute atomic E-state index is 12.9. The number of ether oxygens (including phenoxy) is 4. The molecule has 0 N–H and O–H groups in total. The van der Waals surface area contributed by atoms with Crippen LogP contribution in [0.25, 0.3) is 21.5 Å². The number of carbonyl (C=O) groups is 2. The van der Waals surface area contributed by atoms with Gasteiger partial charge in [-0.25, -0.2) is 0 Å². The lowest BCUT2D eigenvalue weighted by atomic mass is 9.97. The summed E-state index contributed by atoms with van der Waals surface area (Å²) in [6.07, 6.45) is 1.73. The average molecular weight is 527 g/mol. The molecular formula is C33H34O6. The molecule has 1 saturated carbocycles. The highest BCUT2D eigenvalue weighted by atomic mass is 16.5. The third kappa shape index (κ3) is 5.85. The number of benzene rings is 4. The van der Waals surface area contributed by atoms with Crippen molar-refractivity contribution in [3.8, 4) is 11.5 Å². The van der Waals surface area contributed by atoms with Crippen molar-refractivity contribution in [1.29, 1.82) is 0 Å². The van der Waals surface area contributed by atoms with Gasteiger partial charge in [0, 0.05) is 5.41 Å². The number of methoxy groups -OCH3 is 2. The van der Waals surface area contributed by atoms with Crippen LogP contribution >= 0.6 is 0 Å². The van der Waals surface area contributed by atoms with E-state index in [2.05, 4.69) is 0 Å². The van der Waals surface area contributed by atoms with Gasteiger partial charge in [-0.15, -0.1) is 0 Å². The van der Waals surface area contributed by atoms with Crippen LogP contribution in [0.3, 0.4) is 0 Å². The van der Waals surface area contributed by atoms with Crippen molar-refractivity contribution in [2.75, 3.05) is 27.4 Å². The Balaban J connectivity index is 1.15. The van der Waals surface area contributed by atoms with Gasteiger partial charge in [0.1, 0.15) is 24.7 Å². The zero-order valence-electron chi connectivity index (χ0n) is 22.9. The first-order valence-corrected chi connectivity index (χ1v) is 13.3. The van der Waals surface area contributed by atoms with Crippen LogP contribution in [0.2, 0.25) is 0 Å². The second-order valence-electron chi connectivity index (χ2n) is 10.6. The monoisotopic (exact) mass is 526 g/mol. The third-order valence-corrected chi connectivity index (χ3v) is 7.85. The molecule has 0 aromatic heterocycles. The lowest BCUT2D eigenvalue weighted by Gasteiger charge is -2.19. The van der Waals surface area contributed by atoms with Crippen molar-refractivity contribution in [2.45, 2.75) is 38.5 Å². The second kappa shape index (κ2) is 11.0. The minimum Gasteiger partial charge on any atom is -0.497 e. The zero-order chi connectivity index (χ0) is 27.6. The summed E-state index contributed by atoms with van der Waals surface area (Å²) in [6.45, 7) is 4.21. The molecule has 0 heterocycles. The van der Waals surface area contributed by atoms with Crippen LogP contribution in [0.4, 0.5) is 0 Å². The van der Waals surface area contributed by atoms with Gasteiger partial charge in [0.05, 0.1) is 26.1 Å². The van der Waals surface area contributed by atoms with Crippen LogP contribution < -0.4 is 9.47 Å². The fourth-order valence-electron chi connectivity index (χ4n) is 4.75. The Kier molecular flexibility index (Phi) is 7.47. The minimum absolute atomic E-state index is 0.250. The number of hydrogen-bond acceptors (Lipinski definition) is 6. The summed E-state index contributed by atoms with van der Waals surface area (Å²) in [5.41, 5.74) is 1.51. The second-order valence-corrected chi connectivity index (χ2v) is 10.6. The van der Waals surface area contributed by atoms with Crippen LogP contribution in [0, 0.1) is 5.41 Å². The van der Waals surface area contributed by atoms with Crippen LogP contribution in [0.15, 0.2) is 72.8 Å². The quantitative estimate of drug-likeness (QED) is 0.212. The molecule has 0 radical (unpaired) electrons. The van der Waals surface area contributed by atoms with E-state index in [0.717, 1.165) is 57.0 Å². The molecule has 6 nitrogen and oxygen atoms in total. The Labute approximate surface area is 228 Å². The van der Waals surface area contributed by atoms with Crippen LogP contribution in [0.5, 0.6) is 11.5 Å². The molecule has 0 amide bonds. The Morgan fingerprint density at radius 2 is 1.03 bits per heavy atom. The van der Waals surface area contributed by atoms with Crippen molar-refractivity contribution in [2.24, 2.45) is 5.41 Å². The van der Waals surface area contributed by atoms with Gasteiger partial charge in [-0.05, 0) is 83.6 Å². The van der Waals surface area contributed by atoms with Crippen molar-refractivity contribution in [3.05, 3.63) is 83.9 Å². The Bertz CT molecular complexity index is 1410. The fraction of sp³-hybridized carbons (Fsp3) is 0.333. The molecule has 6 heteroatoms. The van der Waals surface area contributed by atoms with Gasteiger partial charge in [0.25, 0.3) is 0 Å². The summed E-state index contributed by atoms with van der Waals surface area (Å²) in [7, 11) is 3.29. The molecule has 0 unspecified atom stereocenters. The molecule has 5 rings (SSSR count). The van der Waals surface area contributed by atoms with E-state index in [4.69, 9.17) is 18.9 Å². The van der Waals surface area contributed by atoms with Gasteiger partial charge >= 0.3 is 11.9 Å². The van der Waals surface area contributed by atoms with E-state index in [1.54, 1.807) is 14.2 Å². The molecule has 2 atom stereocenters. The van der Waals surface area contributed by atoms with Crippen molar-refractivity contribution in [1.82, 2.24) is 0 Å². The van der Waals surface area contributed by atoms with Crippen molar-refractivity contribution < 1.29 is 28.5 Å². The molecule has 1 aliphatic rings. The van der Waals surface area contributed by atoms with Crippen molar-refractivity contribution >= 4 is 33.5 Å². The topological polar surface area (TPSA) is 71.1 Å². The predicted molar refractivity (Wildman–Crippen MR) is 151 cm³/mol. The summed E-state index contributed by atoms with van der Waals surface area (Å²) in [4.78, 5) is 25.8. The van der Waals surface area contributed by atoms with Gasteiger partial charge in [-0.1, -0.05) is 48.5 Å². The summed E-state index contributed by atoms with van der Waals surface area (Å²) >= 11 is 0. The summed E-state index contributed by atoms with van der Waals surface area (Å²) in [5.74, 6) is 0.241. The molecule has 0 saturated heterocycles. The lowest BCUT2D eigenvalue weighted by Crippen LogP contribution is -2.25. The molecule has 39 heavy (non-hydrogen) atoms. The molecule has 4 aromatic carbocycles. The van der Waals surface area contributed by atoms with E-state index in [1.165, 1.54) is 0 Å². The summed E-state index contributed by atoms with van der Waals surface area (Å²) in [5, 5.41) is 4.18. The molecule has 1 fully saturated rings. The molecular weight excluding hydrogens is 492 g/mol. The van der Waals surface area contributed by atoms with E-state index in [-0.39, 0.29) is 30.6 Å². The first-order chi connectivity index (χ1) is 18.8. The standard InChI is InChI=1S/C33H34O6/c1-21(23-5-7-27-17-29(36-3)11-9-25(27)15-23)31(34)38-19-33(13-14-33)20-39-32(35)22(2)24-6-8-28-18-30(37-4)12-10-26(28)16-24/h5-12,15-18,21-22H,13-14,19-20H2,1-4H3/t21-,22+. The van der Waals surface area contributed by atoms with Gasteiger partial charge in [-0.3, -0.25) is 9.59 Å². The first kappa shape index (κ1) is 26.5. The zero-order valence-corrected chi connectivity index (χ0v) is 22.9. The predicted octanol–water partition coefficient (Wildman–Crippen LogP) is 6.78. The Morgan fingerprint density at radius 1 is 0.641 bits per heavy atom. The minimum atomic E-state index is -0.400. The molecule has 0 aliphatic heterocycles. The van der Waals surface area contributed by atoms with E-state index in [0.29, 0.717) is 0 Å². The molecule has 4 aromatic rings. The number of carbonyl (C=O) groups excluding carboxylic acids is 2. The SMILES string of the molecule is COc1ccc2cc([C@H](C)C(=O)OCC3(COC(=O)[C@H](C)c4ccc5cc(OC)ccc5c4)CC3)ccc2c1. The maximum Gasteiger partial charge on any atom is 0.313 e. The molecule has 0 bridgehead atoms. The highest BCUT2D eigenvalue weighted by Crippen LogP contribution is 2.46. The summed E-state index contributed by atoms with van der Waals surface area (Å²) < 4.78 is 22.0. The third-order valence-electron chi connectivity index (χ3n) is 7.85. The Morgan fingerprint density at radius 3 is 1.41 bits per heavy atom. The van der Waals surface area contributed by atoms with E-state index >= 15 is 0 Å². The van der Waals surface area contributed by atoms with Crippen LogP contribution in [-0.2, 0) is 19.1 Å². The van der Waals surface area contributed by atoms with Gasteiger partial charge in [0.2, 0.25) is 0 Å². The van der Waals surface area contributed by atoms with E-state index in [9.17, 15) is 9.59 Å². The Hall–Kier alpha value is -4.06. The first-order valence-electron chi connectivity index (χ1n) is 13.3. The largest absolute Gasteiger partial charge is 0.497 e. The maximum atomic E-state index is 12.9. The van der Waals surface area contributed by atoms with E-state index < -0.39 is 11.8 Å². The number of esters is 2. The molecule has 202 valence electrons. The van der Waals surface area contributed by atoms with Gasteiger partial charge < -0.3 is 18.9 Å². The number of rotatable bonds is 10. The van der Waals surface area contributed by atoms with Gasteiger partial charge in [0.15, 0.2) is 0 Å². The van der Waals surface area contributed by atoms with Gasteiger partial charge in [-0.2, -0.15) is 0 Å². The highest BCUT2D eigenvalue weighted by molar-refractivity contribution is 5.88. The smallest absolute Gasteiger partial charge is 0.313 e. The average Bonchev–Trinajstić information content (AvgIpc) is 3.76. The van der Waals surface area contributed by atoms with Crippen LogP contribution in [-0.4, -0.2) is 39.4 Å². The fourth-order valence-corrected chi connectivity index (χ4v) is 4.75. The highest BCUT2D eigenvalue weighted by Gasteiger charge is 2.46. The number of fused-ring (bicyclic) bond motifs is 2.